The molecule has 3 rings (SSSR count). The van der Waals surface area contributed by atoms with Gasteiger partial charge in [0.15, 0.2) is 5.11 Å². The van der Waals surface area contributed by atoms with Gasteiger partial charge in [-0.15, -0.1) is 0 Å². The van der Waals surface area contributed by atoms with E-state index in [1.807, 2.05) is 61.5 Å². The number of hydrazine groups is 1. The molecule has 0 bridgehead atoms. The molecule has 6 heteroatoms. The van der Waals surface area contributed by atoms with E-state index in [1.165, 1.54) is 0 Å². The molecular formula is C22H21N3O2S. The lowest BCUT2D eigenvalue weighted by Crippen LogP contribution is -2.43. The van der Waals surface area contributed by atoms with Crippen molar-refractivity contribution in [3.05, 3.63) is 95.6 Å². The van der Waals surface area contributed by atoms with E-state index in [-0.39, 0.29) is 5.91 Å². The Labute approximate surface area is 169 Å². The van der Waals surface area contributed by atoms with E-state index in [0.717, 1.165) is 16.8 Å². The molecule has 0 unspecified atom stereocenters. The summed E-state index contributed by atoms with van der Waals surface area (Å²) in [7, 11) is 0. The van der Waals surface area contributed by atoms with Gasteiger partial charge in [-0.05, 0) is 61.1 Å². The molecular weight excluding hydrogens is 370 g/mol. The van der Waals surface area contributed by atoms with E-state index < -0.39 is 0 Å². The molecule has 0 radical (unpaired) electrons. The molecule has 0 saturated heterocycles. The largest absolute Gasteiger partial charge is 0.489 e. The third-order valence-corrected chi connectivity index (χ3v) is 4.17. The van der Waals surface area contributed by atoms with Gasteiger partial charge in [-0.3, -0.25) is 15.6 Å². The van der Waals surface area contributed by atoms with Gasteiger partial charge in [0.2, 0.25) is 0 Å². The highest BCUT2D eigenvalue weighted by atomic mass is 32.1. The fourth-order valence-electron chi connectivity index (χ4n) is 2.43. The van der Waals surface area contributed by atoms with Gasteiger partial charge in [-0.2, -0.15) is 0 Å². The molecule has 3 N–H and O–H groups in total. The number of ether oxygens (including phenoxy) is 1. The third kappa shape index (κ3) is 5.82. The number of amides is 1. The van der Waals surface area contributed by atoms with Crippen LogP contribution in [0.5, 0.6) is 5.75 Å². The number of carbonyl (C=O) groups excluding carboxylic acids is 1. The first-order valence-corrected chi connectivity index (χ1v) is 9.22. The van der Waals surface area contributed by atoms with Crippen LogP contribution in [0, 0.1) is 6.92 Å². The molecule has 1 amide bonds. The van der Waals surface area contributed by atoms with Crippen molar-refractivity contribution in [3.8, 4) is 5.75 Å². The predicted octanol–water partition coefficient (Wildman–Crippen LogP) is 4.21. The minimum atomic E-state index is -0.289. The molecule has 0 aliphatic heterocycles. The van der Waals surface area contributed by atoms with Crippen LogP contribution in [0.2, 0.25) is 0 Å². The number of hydrogen-bond acceptors (Lipinski definition) is 3. The summed E-state index contributed by atoms with van der Waals surface area (Å²) in [6, 6.07) is 24.6. The fourth-order valence-corrected chi connectivity index (χ4v) is 2.60. The van der Waals surface area contributed by atoms with Crippen LogP contribution in [-0.2, 0) is 6.61 Å². The minimum Gasteiger partial charge on any atom is -0.489 e. The molecule has 3 aromatic carbocycles. The molecule has 3 aromatic rings. The summed E-state index contributed by atoms with van der Waals surface area (Å²) in [5.41, 5.74) is 8.86. The van der Waals surface area contributed by atoms with Crippen LogP contribution in [0.1, 0.15) is 21.5 Å². The van der Waals surface area contributed by atoms with Crippen molar-refractivity contribution in [2.45, 2.75) is 13.5 Å². The summed E-state index contributed by atoms with van der Waals surface area (Å²) in [6.45, 7) is 2.49. The molecule has 28 heavy (non-hydrogen) atoms. The maximum absolute atomic E-state index is 12.2. The Bertz CT molecular complexity index is 926. The third-order valence-electron chi connectivity index (χ3n) is 3.96. The van der Waals surface area contributed by atoms with Crippen LogP contribution in [0.3, 0.4) is 0 Å². The highest BCUT2D eigenvalue weighted by molar-refractivity contribution is 7.80. The Hall–Kier alpha value is -3.38. The number of rotatable bonds is 5. The predicted molar refractivity (Wildman–Crippen MR) is 115 cm³/mol. The monoisotopic (exact) mass is 391 g/mol. The van der Waals surface area contributed by atoms with Gasteiger partial charge in [0.05, 0.1) is 0 Å². The molecule has 0 atom stereocenters. The lowest BCUT2D eigenvalue weighted by Gasteiger charge is -2.12. The summed E-state index contributed by atoms with van der Waals surface area (Å²) >= 11 is 5.18. The zero-order valence-electron chi connectivity index (χ0n) is 15.4. The number of thiocarbonyl (C=S) groups is 1. The quantitative estimate of drug-likeness (QED) is 0.449. The molecule has 5 nitrogen and oxygen atoms in total. The molecule has 0 aromatic heterocycles. The minimum absolute atomic E-state index is 0.289. The smallest absolute Gasteiger partial charge is 0.269 e. The Balaban J connectivity index is 1.46. The van der Waals surface area contributed by atoms with Crippen molar-refractivity contribution in [2.75, 3.05) is 5.32 Å². The van der Waals surface area contributed by atoms with E-state index in [9.17, 15) is 4.79 Å². The van der Waals surface area contributed by atoms with Crippen LogP contribution >= 0.6 is 12.2 Å². The van der Waals surface area contributed by atoms with E-state index in [2.05, 4.69) is 16.2 Å². The second-order valence-corrected chi connectivity index (χ2v) is 6.61. The summed E-state index contributed by atoms with van der Waals surface area (Å²) in [5.74, 6) is 0.410. The number of carbonyl (C=O) groups is 1. The van der Waals surface area contributed by atoms with E-state index in [0.29, 0.717) is 23.0 Å². The van der Waals surface area contributed by atoms with E-state index in [1.54, 1.807) is 24.3 Å². The van der Waals surface area contributed by atoms with Crippen LogP contribution in [-0.4, -0.2) is 11.0 Å². The van der Waals surface area contributed by atoms with Gasteiger partial charge in [0, 0.05) is 11.3 Å². The molecule has 0 saturated carbocycles. The SMILES string of the molecule is Cc1ccc(NC(=S)NNC(=O)c2ccc(OCc3ccccc3)cc2)cc1. The molecule has 0 spiro atoms. The summed E-state index contributed by atoms with van der Waals surface area (Å²) in [5, 5.41) is 3.31. The average Bonchev–Trinajstić information content (AvgIpc) is 2.73. The molecule has 0 heterocycles. The first-order chi connectivity index (χ1) is 13.6. The summed E-state index contributed by atoms with van der Waals surface area (Å²) in [4.78, 5) is 12.2. The maximum Gasteiger partial charge on any atom is 0.269 e. The molecule has 142 valence electrons. The summed E-state index contributed by atoms with van der Waals surface area (Å²) in [6.07, 6.45) is 0. The van der Waals surface area contributed by atoms with Crippen molar-refractivity contribution in [2.24, 2.45) is 0 Å². The lowest BCUT2D eigenvalue weighted by molar-refractivity contribution is 0.0944. The second kappa shape index (κ2) is 9.53. The van der Waals surface area contributed by atoms with E-state index in [4.69, 9.17) is 17.0 Å². The second-order valence-electron chi connectivity index (χ2n) is 6.20. The van der Waals surface area contributed by atoms with Gasteiger partial charge in [-0.25, -0.2) is 0 Å². The topological polar surface area (TPSA) is 62.4 Å². The van der Waals surface area contributed by atoms with Crippen LogP contribution in [0.25, 0.3) is 0 Å². The Morgan fingerprint density at radius 2 is 1.57 bits per heavy atom. The summed E-state index contributed by atoms with van der Waals surface area (Å²) < 4.78 is 5.72. The highest BCUT2D eigenvalue weighted by Gasteiger charge is 2.06. The zero-order valence-corrected chi connectivity index (χ0v) is 16.3. The van der Waals surface area contributed by atoms with Gasteiger partial charge >= 0.3 is 0 Å². The van der Waals surface area contributed by atoms with Crippen molar-refractivity contribution in [3.63, 3.8) is 0 Å². The standard InChI is InChI=1S/C22H21N3O2S/c1-16-7-11-19(12-8-16)23-22(28)25-24-21(26)18-9-13-20(14-10-18)27-15-17-5-3-2-4-6-17/h2-14H,15H2,1H3,(H,24,26)(H2,23,25,28). The van der Waals surface area contributed by atoms with Crippen LogP contribution < -0.4 is 20.9 Å². The van der Waals surface area contributed by atoms with Crippen LogP contribution in [0.4, 0.5) is 5.69 Å². The van der Waals surface area contributed by atoms with Crippen molar-refractivity contribution in [1.82, 2.24) is 10.9 Å². The van der Waals surface area contributed by atoms with Crippen LogP contribution in [0.15, 0.2) is 78.9 Å². The van der Waals surface area contributed by atoms with Gasteiger partial charge in [0.1, 0.15) is 12.4 Å². The van der Waals surface area contributed by atoms with Gasteiger partial charge < -0.3 is 10.1 Å². The van der Waals surface area contributed by atoms with Crippen molar-refractivity contribution in [1.29, 1.82) is 0 Å². The fraction of sp³-hybridized carbons (Fsp3) is 0.0909. The first kappa shape index (κ1) is 19.4. The number of nitrogens with one attached hydrogen (secondary N) is 3. The van der Waals surface area contributed by atoms with Gasteiger partial charge in [0.25, 0.3) is 5.91 Å². The van der Waals surface area contributed by atoms with Crippen molar-refractivity contribution < 1.29 is 9.53 Å². The number of anilines is 1. The highest BCUT2D eigenvalue weighted by Crippen LogP contribution is 2.14. The van der Waals surface area contributed by atoms with Crippen molar-refractivity contribution >= 4 is 28.9 Å². The zero-order chi connectivity index (χ0) is 19.8. The lowest BCUT2D eigenvalue weighted by atomic mass is 10.2. The number of aryl methyl sites for hydroxylation is 1. The Morgan fingerprint density at radius 1 is 0.893 bits per heavy atom. The normalized spacial score (nSPS) is 10.0. The Morgan fingerprint density at radius 3 is 2.25 bits per heavy atom. The number of benzene rings is 3. The molecule has 0 aliphatic rings. The Kier molecular flexibility index (Phi) is 6.59. The first-order valence-electron chi connectivity index (χ1n) is 8.81. The maximum atomic E-state index is 12.2. The average molecular weight is 391 g/mol. The molecule has 0 fully saturated rings. The number of hydrogen-bond donors (Lipinski definition) is 3. The van der Waals surface area contributed by atoms with E-state index >= 15 is 0 Å². The van der Waals surface area contributed by atoms with Gasteiger partial charge in [-0.1, -0.05) is 48.0 Å². The molecule has 0 aliphatic carbocycles.